The Labute approximate surface area is 103 Å². The first-order chi connectivity index (χ1) is 8.06. The molecule has 0 aromatic carbocycles. The van der Waals surface area contributed by atoms with Crippen molar-refractivity contribution in [3.63, 3.8) is 0 Å². The van der Waals surface area contributed by atoms with E-state index in [0.717, 1.165) is 36.8 Å². The van der Waals surface area contributed by atoms with E-state index in [9.17, 15) is 0 Å². The topological polar surface area (TPSA) is 41.1 Å². The van der Waals surface area contributed by atoms with Gasteiger partial charge in [-0.05, 0) is 26.0 Å². The lowest BCUT2D eigenvalue weighted by molar-refractivity contribution is 0.235. The number of hydrogen-bond acceptors (Lipinski definition) is 4. The molecule has 1 unspecified atom stereocenters. The van der Waals surface area contributed by atoms with Crippen molar-refractivity contribution in [2.75, 3.05) is 26.7 Å². The molecule has 0 amide bonds. The summed E-state index contributed by atoms with van der Waals surface area (Å²) in [6.45, 7) is 9.48. The van der Waals surface area contributed by atoms with E-state index in [1.54, 1.807) is 0 Å². The van der Waals surface area contributed by atoms with Crippen LogP contribution in [0.2, 0.25) is 0 Å². The molecule has 94 valence electrons. The highest BCUT2D eigenvalue weighted by molar-refractivity contribution is 5.15. The van der Waals surface area contributed by atoms with Crippen molar-refractivity contribution in [3.8, 4) is 0 Å². The summed E-state index contributed by atoms with van der Waals surface area (Å²) >= 11 is 0. The number of aryl methyl sites for hydroxylation is 1. The second-order valence-corrected chi connectivity index (χ2v) is 5.22. The zero-order chi connectivity index (χ0) is 12.4. The van der Waals surface area contributed by atoms with Gasteiger partial charge in [-0.15, -0.1) is 0 Å². The summed E-state index contributed by atoms with van der Waals surface area (Å²) in [5.74, 6) is 1.40. The molecule has 1 saturated heterocycles. The summed E-state index contributed by atoms with van der Waals surface area (Å²) in [5.41, 5.74) is 2.20. The molecule has 0 saturated carbocycles. The van der Waals surface area contributed by atoms with Crippen molar-refractivity contribution in [3.05, 3.63) is 23.3 Å². The van der Waals surface area contributed by atoms with E-state index in [2.05, 4.69) is 42.2 Å². The van der Waals surface area contributed by atoms with Gasteiger partial charge in [-0.3, -0.25) is 0 Å². The molecule has 1 atom stereocenters. The van der Waals surface area contributed by atoms with Gasteiger partial charge in [0, 0.05) is 31.0 Å². The second kappa shape index (κ2) is 5.10. The summed E-state index contributed by atoms with van der Waals surface area (Å²) in [5, 5.41) is 3.49. The molecule has 1 aromatic heterocycles. The molecule has 4 heteroatoms. The third-order valence-electron chi connectivity index (χ3n) is 3.17. The Morgan fingerprint density at radius 2 is 2.18 bits per heavy atom. The molecule has 0 spiro atoms. The number of rotatable bonds is 2. The molecular formula is C13H22N4. The highest BCUT2D eigenvalue weighted by Gasteiger charge is 2.21. The zero-order valence-corrected chi connectivity index (χ0v) is 11.2. The molecule has 0 bridgehead atoms. The number of nitrogens with one attached hydrogen (secondary N) is 1. The van der Waals surface area contributed by atoms with Gasteiger partial charge in [0.1, 0.15) is 5.82 Å². The smallest absolute Gasteiger partial charge is 0.147 e. The fraction of sp³-hybridized carbons (Fsp3) is 0.692. The third-order valence-corrected chi connectivity index (χ3v) is 3.17. The molecule has 1 fully saturated rings. The highest BCUT2D eigenvalue weighted by Crippen LogP contribution is 2.17. The maximum atomic E-state index is 4.69. The van der Waals surface area contributed by atoms with Crippen LogP contribution in [0.1, 0.15) is 43.0 Å². The van der Waals surface area contributed by atoms with E-state index in [1.807, 2.05) is 6.92 Å². The lowest BCUT2D eigenvalue weighted by Gasteiger charge is -2.30. The van der Waals surface area contributed by atoms with E-state index < -0.39 is 0 Å². The number of likely N-dealkylation sites (N-methyl/N-ethyl adjacent to an activating group) is 1. The first-order valence-corrected chi connectivity index (χ1v) is 6.33. The zero-order valence-electron chi connectivity index (χ0n) is 11.2. The van der Waals surface area contributed by atoms with Crippen molar-refractivity contribution in [1.29, 1.82) is 0 Å². The van der Waals surface area contributed by atoms with Crippen LogP contribution in [-0.4, -0.2) is 41.5 Å². The Morgan fingerprint density at radius 3 is 2.82 bits per heavy atom. The monoisotopic (exact) mass is 234 g/mol. The number of aromatic nitrogens is 2. The van der Waals surface area contributed by atoms with E-state index in [4.69, 9.17) is 4.98 Å². The van der Waals surface area contributed by atoms with Crippen LogP contribution < -0.4 is 5.32 Å². The fourth-order valence-corrected chi connectivity index (χ4v) is 2.14. The van der Waals surface area contributed by atoms with Crippen molar-refractivity contribution >= 4 is 0 Å². The Kier molecular flexibility index (Phi) is 3.74. The minimum absolute atomic E-state index is 0.270. The molecule has 1 aromatic rings. The van der Waals surface area contributed by atoms with Crippen LogP contribution in [0.4, 0.5) is 0 Å². The Balaban J connectivity index is 2.25. The molecule has 0 aliphatic carbocycles. The van der Waals surface area contributed by atoms with Gasteiger partial charge in [-0.25, -0.2) is 9.97 Å². The van der Waals surface area contributed by atoms with Crippen molar-refractivity contribution in [2.45, 2.75) is 32.7 Å². The first kappa shape index (κ1) is 12.5. The number of hydrogen-bond donors (Lipinski definition) is 1. The summed E-state index contributed by atoms with van der Waals surface area (Å²) in [7, 11) is 2.15. The molecule has 2 rings (SSSR count). The van der Waals surface area contributed by atoms with Crippen LogP contribution in [0, 0.1) is 6.92 Å². The van der Waals surface area contributed by atoms with Gasteiger partial charge in [0.25, 0.3) is 0 Å². The molecule has 4 nitrogen and oxygen atoms in total. The molecule has 1 aliphatic rings. The van der Waals surface area contributed by atoms with Gasteiger partial charge in [-0.1, -0.05) is 13.8 Å². The molecule has 0 radical (unpaired) electrons. The normalized spacial score (nSPS) is 22.1. The molecule has 17 heavy (non-hydrogen) atoms. The quantitative estimate of drug-likeness (QED) is 0.841. The summed E-state index contributed by atoms with van der Waals surface area (Å²) in [6.07, 6.45) is 0. The minimum atomic E-state index is 0.270. The van der Waals surface area contributed by atoms with Gasteiger partial charge in [0.05, 0.1) is 6.04 Å². The standard InChI is InChI=1S/C13H22N4/c1-9(2)11-7-10(3)15-13(16-11)12-8-17(4)6-5-14-12/h7,9,12,14H,5-6,8H2,1-4H3. The predicted octanol–water partition coefficient (Wildman–Crippen LogP) is 1.48. The van der Waals surface area contributed by atoms with Crippen LogP contribution in [0.15, 0.2) is 6.07 Å². The summed E-state index contributed by atoms with van der Waals surface area (Å²) in [6, 6.07) is 2.35. The highest BCUT2D eigenvalue weighted by atomic mass is 15.2. The van der Waals surface area contributed by atoms with E-state index in [-0.39, 0.29) is 6.04 Å². The molecule has 1 N–H and O–H groups in total. The second-order valence-electron chi connectivity index (χ2n) is 5.22. The van der Waals surface area contributed by atoms with Gasteiger partial charge in [0.2, 0.25) is 0 Å². The largest absolute Gasteiger partial charge is 0.305 e. The van der Waals surface area contributed by atoms with E-state index in [1.165, 1.54) is 0 Å². The van der Waals surface area contributed by atoms with Gasteiger partial charge in [-0.2, -0.15) is 0 Å². The minimum Gasteiger partial charge on any atom is -0.305 e. The average molecular weight is 234 g/mol. The third kappa shape index (κ3) is 3.01. The molecular weight excluding hydrogens is 212 g/mol. The first-order valence-electron chi connectivity index (χ1n) is 6.33. The van der Waals surface area contributed by atoms with Gasteiger partial charge < -0.3 is 10.2 Å². The van der Waals surface area contributed by atoms with Crippen LogP contribution in [-0.2, 0) is 0 Å². The van der Waals surface area contributed by atoms with E-state index >= 15 is 0 Å². The van der Waals surface area contributed by atoms with Crippen LogP contribution >= 0.6 is 0 Å². The lowest BCUT2D eigenvalue weighted by atomic mass is 10.1. The van der Waals surface area contributed by atoms with Gasteiger partial charge >= 0.3 is 0 Å². The van der Waals surface area contributed by atoms with Gasteiger partial charge in [0.15, 0.2) is 0 Å². The maximum Gasteiger partial charge on any atom is 0.147 e. The molecule has 1 aliphatic heterocycles. The summed E-state index contributed by atoms with van der Waals surface area (Å²) in [4.78, 5) is 11.6. The lowest BCUT2D eigenvalue weighted by Crippen LogP contribution is -2.44. The van der Waals surface area contributed by atoms with Crippen molar-refractivity contribution in [1.82, 2.24) is 20.2 Å². The van der Waals surface area contributed by atoms with Crippen molar-refractivity contribution < 1.29 is 0 Å². The van der Waals surface area contributed by atoms with Crippen LogP contribution in [0.3, 0.4) is 0 Å². The Hall–Kier alpha value is -1.00. The van der Waals surface area contributed by atoms with Crippen LogP contribution in [0.25, 0.3) is 0 Å². The summed E-state index contributed by atoms with van der Waals surface area (Å²) < 4.78 is 0. The SMILES string of the molecule is Cc1cc(C(C)C)nc(C2CN(C)CCN2)n1. The van der Waals surface area contributed by atoms with E-state index in [0.29, 0.717) is 5.92 Å². The Bertz CT molecular complexity index is 389. The number of nitrogens with zero attached hydrogens (tertiary/aromatic N) is 3. The molecule has 2 heterocycles. The van der Waals surface area contributed by atoms with Crippen LogP contribution in [0.5, 0.6) is 0 Å². The fourth-order valence-electron chi connectivity index (χ4n) is 2.14. The predicted molar refractivity (Wildman–Crippen MR) is 69.1 cm³/mol. The number of piperazine rings is 1. The Morgan fingerprint density at radius 1 is 1.41 bits per heavy atom. The average Bonchev–Trinajstić information content (AvgIpc) is 2.28. The maximum absolute atomic E-state index is 4.69. The van der Waals surface area contributed by atoms with Crippen molar-refractivity contribution in [2.24, 2.45) is 0 Å².